The minimum Gasteiger partial charge on any atom is -0.396 e. The van der Waals surface area contributed by atoms with Gasteiger partial charge in [0.2, 0.25) is 0 Å². The van der Waals surface area contributed by atoms with Gasteiger partial charge in [0.15, 0.2) is 5.82 Å². The molecule has 0 aliphatic carbocycles. The molecule has 10 heavy (non-hydrogen) atoms. The van der Waals surface area contributed by atoms with Gasteiger partial charge in [-0.05, 0) is 16.8 Å². The zero-order chi connectivity index (χ0) is 7.40. The van der Waals surface area contributed by atoms with Gasteiger partial charge in [0.1, 0.15) is 0 Å². The molecule has 0 saturated heterocycles. The molecule has 0 radical (unpaired) electrons. The summed E-state index contributed by atoms with van der Waals surface area (Å²) < 4.78 is 0. The lowest BCUT2D eigenvalue weighted by molar-refractivity contribution is 0.277. The van der Waals surface area contributed by atoms with E-state index in [0.29, 0.717) is 6.42 Å². The van der Waals surface area contributed by atoms with Crippen molar-refractivity contribution in [2.24, 2.45) is 0 Å². The topological polar surface area (TPSA) is 74.7 Å². The summed E-state index contributed by atoms with van der Waals surface area (Å²) in [6, 6.07) is 0. The standard InChI is InChI=1S/C5H10N4O/c1-4(2-3-10)5-6-8-9-7-5/h4,10H,2-3H2,1H3,(H,6,7,8,9). The van der Waals surface area contributed by atoms with E-state index < -0.39 is 0 Å². The highest BCUT2D eigenvalue weighted by atomic mass is 16.3. The Kier molecular flexibility index (Phi) is 2.33. The van der Waals surface area contributed by atoms with Gasteiger partial charge in [-0.2, -0.15) is 0 Å². The number of hydrogen-bond donors (Lipinski definition) is 2. The monoisotopic (exact) mass is 142 g/mol. The molecule has 0 spiro atoms. The molecule has 0 aliphatic heterocycles. The number of aromatic nitrogens is 4. The van der Waals surface area contributed by atoms with Gasteiger partial charge in [0, 0.05) is 12.5 Å². The Labute approximate surface area is 58.5 Å². The first-order valence-corrected chi connectivity index (χ1v) is 3.19. The lowest BCUT2D eigenvalue weighted by Crippen LogP contribution is -1.98. The van der Waals surface area contributed by atoms with Gasteiger partial charge in [0.05, 0.1) is 0 Å². The quantitative estimate of drug-likeness (QED) is 0.606. The zero-order valence-electron chi connectivity index (χ0n) is 5.78. The number of nitrogens with one attached hydrogen (secondary N) is 1. The summed E-state index contributed by atoms with van der Waals surface area (Å²) in [7, 11) is 0. The van der Waals surface area contributed by atoms with E-state index in [1.807, 2.05) is 6.92 Å². The molecule has 1 rings (SSSR count). The second-order valence-electron chi connectivity index (χ2n) is 2.20. The molecule has 1 heterocycles. The number of tetrazole rings is 1. The summed E-state index contributed by atoms with van der Waals surface area (Å²) in [6.07, 6.45) is 0.691. The van der Waals surface area contributed by atoms with Crippen molar-refractivity contribution in [3.63, 3.8) is 0 Å². The molecule has 0 aliphatic rings. The molecular weight excluding hydrogens is 132 g/mol. The largest absolute Gasteiger partial charge is 0.396 e. The fraction of sp³-hybridized carbons (Fsp3) is 0.800. The number of H-pyrrole nitrogens is 1. The van der Waals surface area contributed by atoms with Crippen LogP contribution >= 0.6 is 0 Å². The Balaban J connectivity index is 2.50. The van der Waals surface area contributed by atoms with Crippen molar-refractivity contribution >= 4 is 0 Å². The highest BCUT2D eigenvalue weighted by molar-refractivity contribution is 4.86. The number of rotatable bonds is 3. The van der Waals surface area contributed by atoms with Crippen molar-refractivity contribution in [3.05, 3.63) is 5.82 Å². The smallest absolute Gasteiger partial charge is 0.151 e. The van der Waals surface area contributed by atoms with E-state index in [2.05, 4.69) is 20.6 Å². The predicted octanol–water partition coefficient (Wildman–Crippen LogP) is -0.314. The number of aliphatic hydroxyl groups is 1. The molecule has 2 N–H and O–H groups in total. The molecule has 0 saturated carbocycles. The second kappa shape index (κ2) is 3.26. The third-order valence-corrected chi connectivity index (χ3v) is 1.39. The van der Waals surface area contributed by atoms with Crippen molar-refractivity contribution in [3.8, 4) is 0 Å². The summed E-state index contributed by atoms with van der Waals surface area (Å²) in [6.45, 7) is 2.13. The van der Waals surface area contributed by atoms with E-state index in [1.54, 1.807) is 0 Å². The van der Waals surface area contributed by atoms with Crippen molar-refractivity contribution in [1.82, 2.24) is 20.6 Å². The predicted molar refractivity (Wildman–Crippen MR) is 34.3 cm³/mol. The van der Waals surface area contributed by atoms with Crippen LogP contribution in [0, 0.1) is 0 Å². The third-order valence-electron chi connectivity index (χ3n) is 1.39. The first kappa shape index (κ1) is 7.14. The Bertz CT molecular complexity index is 174. The van der Waals surface area contributed by atoms with Crippen LogP contribution in [0.3, 0.4) is 0 Å². The molecule has 5 heteroatoms. The normalized spacial score (nSPS) is 13.4. The van der Waals surface area contributed by atoms with Gasteiger partial charge < -0.3 is 5.11 Å². The van der Waals surface area contributed by atoms with Gasteiger partial charge in [-0.1, -0.05) is 6.92 Å². The van der Waals surface area contributed by atoms with E-state index in [4.69, 9.17) is 5.11 Å². The fourth-order valence-corrected chi connectivity index (χ4v) is 0.706. The molecule has 56 valence electrons. The summed E-state index contributed by atoms with van der Waals surface area (Å²) >= 11 is 0. The van der Waals surface area contributed by atoms with E-state index >= 15 is 0 Å². The van der Waals surface area contributed by atoms with Crippen LogP contribution < -0.4 is 0 Å². The van der Waals surface area contributed by atoms with Crippen LogP contribution in [0.25, 0.3) is 0 Å². The maximum absolute atomic E-state index is 8.55. The Hall–Kier alpha value is -0.970. The van der Waals surface area contributed by atoms with Gasteiger partial charge in [-0.15, -0.1) is 5.10 Å². The van der Waals surface area contributed by atoms with E-state index in [-0.39, 0.29) is 12.5 Å². The summed E-state index contributed by atoms with van der Waals surface area (Å²) in [5, 5.41) is 21.7. The summed E-state index contributed by atoms with van der Waals surface area (Å²) in [5.41, 5.74) is 0. The number of nitrogens with zero attached hydrogens (tertiary/aromatic N) is 3. The Morgan fingerprint density at radius 2 is 2.50 bits per heavy atom. The molecule has 1 aromatic heterocycles. The summed E-state index contributed by atoms with van der Waals surface area (Å²) in [5.74, 6) is 0.939. The molecule has 1 unspecified atom stereocenters. The molecule has 0 bridgehead atoms. The Morgan fingerprint density at radius 1 is 1.70 bits per heavy atom. The van der Waals surface area contributed by atoms with E-state index in [0.717, 1.165) is 5.82 Å². The van der Waals surface area contributed by atoms with Gasteiger partial charge in [-0.3, -0.25) is 0 Å². The van der Waals surface area contributed by atoms with Gasteiger partial charge in [-0.25, -0.2) is 5.10 Å². The highest BCUT2D eigenvalue weighted by Gasteiger charge is 2.07. The van der Waals surface area contributed by atoms with E-state index in [9.17, 15) is 0 Å². The van der Waals surface area contributed by atoms with Crippen LogP contribution in [0.4, 0.5) is 0 Å². The lowest BCUT2D eigenvalue weighted by Gasteiger charge is -2.01. The van der Waals surface area contributed by atoms with E-state index in [1.165, 1.54) is 0 Å². The van der Waals surface area contributed by atoms with Crippen molar-refractivity contribution in [1.29, 1.82) is 0 Å². The second-order valence-corrected chi connectivity index (χ2v) is 2.20. The average molecular weight is 142 g/mol. The maximum atomic E-state index is 8.55. The lowest BCUT2D eigenvalue weighted by atomic mass is 10.1. The van der Waals surface area contributed by atoms with Crippen LogP contribution in [0.5, 0.6) is 0 Å². The van der Waals surface area contributed by atoms with Gasteiger partial charge in [0.25, 0.3) is 0 Å². The van der Waals surface area contributed by atoms with Gasteiger partial charge >= 0.3 is 0 Å². The number of aromatic amines is 1. The Morgan fingerprint density at radius 3 is 3.00 bits per heavy atom. The molecule has 0 aromatic carbocycles. The molecule has 5 nitrogen and oxygen atoms in total. The average Bonchev–Trinajstić information content (AvgIpc) is 2.38. The van der Waals surface area contributed by atoms with Crippen LogP contribution in [-0.2, 0) is 0 Å². The minimum absolute atomic E-state index is 0.169. The molecule has 0 fully saturated rings. The number of aliphatic hydroxyl groups excluding tert-OH is 1. The van der Waals surface area contributed by atoms with Crippen LogP contribution in [0.2, 0.25) is 0 Å². The van der Waals surface area contributed by atoms with Crippen LogP contribution in [0.1, 0.15) is 25.1 Å². The minimum atomic E-state index is 0.169. The zero-order valence-corrected chi connectivity index (χ0v) is 5.78. The molecule has 0 amide bonds. The first-order valence-electron chi connectivity index (χ1n) is 3.19. The van der Waals surface area contributed by atoms with Crippen LogP contribution in [-0.4, -0.2) is 32.3 Å². The summed E-state index contributed by atoms with van der Waals surface area (Å²) in [4.78, 5) is 0. The molecular formula is C5H10N4O. The first-order chi connectivity index (χ1) is 4.84. The molecule has 1 aromatic rings. The molecule has 1 atom stereocenters. The maximum Gasteiger partial charge on any atom is 0.151 e. The third kappa shape index (κ3) is 1.51. The van der Waals surface area contributed by atoms with Crippen molar-refractivity contribution in [2.45, 2.75) is 19.3 Å². The van der Waals surface area contributed by atoms with Crippen molar-refractivity contribution in [2.75, 3.05) is 6.61 Å². The SMILES string of the molecule is CC(CCO)c1nnn[nH]1. The number of hydrogen-bond acceptors (Lipinski definition) is 4. The fourth-order valence-electron chi connectivity index (χ4n) is 0.706. The highest BCUT2D eigenvalue weighted by Crippen LogP contribution is 2.10. The van der Waals surface area contributed by atoms with Crippen molar-refractivity contribution < 1.29 is 5.11 Å². The van der Waals surface area contributed by atoms with Crippen LogP contribution in [0.15, 0.2) is 0 Å².